The summed E-state index contributed by atoms with van der Waals surface area (Å²) < 4.78 is 0. The highest BCUT2D eigenvalue weighted by molar-refractivity contribution is 5.53. The Morgan fingerprint density at radius 2 is 1.86 bits per heavy atom. The van der Waals surface area contributed by atoms with Gasteiger partial charge in [-0.1, -0.05) is 31.5 Å². The maximum atomic E-state index is 3.27. The van der Waals surface area contributed by atoms with Gasteiger partial charge in [0.2, 0.25) is 0 Å². The predicted molar refractivity (Wildman–Crippen MR) is 64.0 cm³/mol. The quantitative estimate of drug-likeness (QED) is 0.760. The van der Waals surface area contributed by atoms with Crippen LogP contribution in [0.25, 0.3) is 0 Å². The molecule has 1 N–H and O–H groups in total. The monoisotopic (exact) mass is 191 g/mol. The Kier molecular flexibility index (Phi) is 3.99. The molecule has 0 heterocycles. The Balaban J connectivity index is 3.08. The molecule has 0 aliphatic carbocycles. The first-order valence-corrected chi connectivity index (χ1v) is 5.51. The van der Waals surface area contributed by atoms with Gasteiger partial charge >= 0.3 is 0 Å². The third-order valence-electron chi connectivity index (χ3n) is 2.90. The fraction of sp³-hybridized carbons (Fsp3) is 0.538. The number of hydrogen-bond donors (Lipinski definition) is 1. The van der Waals surface area contributed by atoms with Gasteiger partial charge in [0.1, 0.15) is 0 Å². The summed E-state index contributed by atoms with van der Waals surface area (Å²) in [4.78, 5) is 0. The largest absolute Gasteiger partial charge is 0.388 e. The molecule has 1 rings (SSSR count). The van der Waals surface area contributed by atoms with Gasteiger partial charge in [0, 0.05) is 12.7 Å². The lowest BCUT2D eigenvalue weighted by atomic mass is 9.91. The van der Waals surface area contributed by atoms with Gasteiger partial charge in [-0.25, -0.2) is 0 Å². The Hall–Kier alpha value is -0.980. The lowest BCUT2D eigenvalue weighted by Gasteiger charge is -2.18. The number of rotatable bonds is 4. The first-order valence-electron chi connectivity index (χ1n) is 5.51. The van der Waals surface area contributed by atoms with Gasteiger partial charge in [0.25, 0.3) is 0 Å². The summed E-state index contributed by atoms with van der Waals surface area (Å²) in [5, 5.41) is 3.27. The van der Waals surface area contributed by atoms with Crippen LogP contribution in [0.3, 0.4) is 0 Å². The minimum Gasteiger partial charge on any atom is -0.388 e. The summed E-state index contributed by atoms with van der Waals surface area (Å²) in [6.45, 7) is 6.68. The molecule has 1 nitrogen and oxygen atoms in total. The molecule has 0 amide bonds. The number of anilines is 1. The second kappa shape index (κ2) is 5.04. The highest BCUT2D eigenvalue weighted by Gasteiger charge is 2.10. The second-order valence-corrected chi connectivity index (χ2v) is 3.85. The Morgan fingerprint density at radius 1 is 1.21 bits per heavy atom. The molecule has 1 aromatic rings. The van der Waals surface area contributed by atoms with Crippen molar-refractivity contribution < 1.29 is 0 Å². The van der Waals surface area contributed by atoms with E-state index in [9.17, 15) is 0 Å². The molecule has 1 aromatic carbocycles. The van der Waals surface area contributed by atoms with Gasteiger partial charge in [-0.2, -0.15) is 0 Å². The molecule has 0 spiro atoms. The van der Waals surface area contributed by atoms with Crippen molar-refractivity contribution in [2.45, 2.75) is 39.5 Å². The highest BCUT2D eigenvalue weighted by atomic mass is 14.8. The van der Waals surface area contributed by atoms with E-state index in [0.29, 0.717) is 5.92 Å². The Bertz CT molecular complexity index is 287. The van der Waals surface area contributed by atoms with E-state index in [-0.39, 0.29) is 0 Å². The van der Waals surface area contributed by atoms with Crippen LogP contribution < -0.4 is 5.32 Å². The van der Waals surface area contributed by atoms with E-state index in [1.165, 1.54) is 29.7 Å². The zero-order chi connectivity index (χ0) is 10.6. The molecule has 0 aliphatic heterocycles. The summed E-state index contributed by atoms with van der Waals surface area (Å²) in [7, 11) is 2.00. The molecular weight excluding hydrogens is 170 g/mol. The molecule has 0 unspecified atom stereocenters. The molecule has 0 saturated heterocycles. The maximum Gasteiger partial charge on any atom is 0.0373 e. The van der Waals surface area contributed by atoms with Crippen LogP contribution in [0.5, 0.6) is 0 Å². The van der Waals surface area contributed by atoms with Gasteiger partial charge in [-0.15, -0.1) is 0 Å². The van der Waals surface area contributed by atoms with E-state index >= 15 is 0 Å². The van der Waals surface area contributed by atoms with Crippen molar-refractivity contribution in [2.24, 2.45) is 0 Å². The van der Waals surface area contributed by atoms with Crippen LogP contribution in [0.4, 0.5) is 5.69 Å². The van der Waals surface area contributed by atoms with Crippen molar-refractivity contribution in [1.29, 1.82) is 0 Å². The van der Waals surface area contributed by atoms with Gasteiger partial charge in [-0.05, 0) is 37.3 Å². The third kappa shape index (κ3) is 2.28. The molecule has 14 heavy (non-hydrogen) atoms. The molecule has 1 heteroatoms. The molecule has 0 bridgehead atoms. The van der Waals surface area contributed by atoms with Crippen LogP contribution in [0.1, 0.15) is 43.7 Å². The number of aryl methyl sites for hydroxylation is 1. The van der Waals surface area contributed by atoms with Gasteiger partial charge in [-0.3, -0.25) is 0 Å². The smallest absolute Gasteiger partial charge is 0.0373 e. The summed E-state index contributed by atoms with van der Waals surface area (Å²) in [6, 6.07) is 6.66. The first-order chi connectivity index (χ1) is 6.72. The molecule has 0 atom stereocenters. The van der Waals surface area contributed by atoms with Gasteiger partial charge in [0.05, 0.1) is 0 Å². The first kappa shape index (κ1) is 11.1. The van der Waals surface area contributed by atoms with Crippen LogP contribution in [-0.2, 0) is 0 Å². The number of nitrogens with one attached hydrogen (secondary N) is 1. The van der Waals surface area contributed by atoms with Gasteiger partial charge < -0.3 is 5.32 Å². The van der Waals surface area contributed by atoms with E-state index in [4.69, 9.17) is 0 Å². The molecular formula is C13H21N. The van der Waals surface area contributed by atoms with Crippen molar-refractivity contribution in [3.05, 3.63) is 29.3 Å². The molecule has 78 valence electrons. The van der Waals surface area contributed by atoms with Crippen LogP contribution >= 0.6 is 0 Å². The van der Waals surface area contributed by atoms with Crippen LogP contribution in [0.2, 0.25) is 0 Å². The van der Waals surface area contributed by atoms with Crippen molar-refractivity contribution >= 4 is 5.69 Å². The molecule has 0 saturated carbocycles. The third-order valence-corrected chi connectivity index (χ3v) is 2.90. The fourth-order valence-corrected chi connectivity index (χ4v) is 1.98. The van der Waals surface area contributed by atoms with E-state index in [1.54, 1.807) is 0 Å². The molecule has 0 aromatic heterocycles. The zero-order valence-corrected chi connectivity index (χ0v) is 9.72. The minimum absolute atomic E-state index is 0.692. The Morgan fingerprint density at radius 3 is 2.36 bits per heavy atom. The molecule has 0 fully saturated rings. The second-order valence-electron chi connectivity index (χ2n) is 3.85. The molecule has 0 aliphatic rings. The van der Waals surface area contributed by atoms with Crippen molar-refractivity contribution in [1.82, 2.24) is 0 Å². The van der Waals surface area contributed by atoms with Crippen molar-refractivity contribution in [2.75, 3.05) is 12.4 Å². The fourth-order valence-electron chi connectivity index (χ4n) is 1.98. The van der Waals surface area contributed by atoms with E-state index < -0.39 is 0 Å². The lowest BCUT2D eigenvalue weighted by molar-refractivity contribution is 0.643. The zero-order valence-electron chi connectivity index (χ0n) is 9.72. The summed E-state index contributed by atoms with van der Waals surface area (Å²) in [5.41, 5.74) is 4.10. The Labute approximate surface area is 87.5 Å². The standard InChI is InChI=1S/C13H21N/c1-5-11(6-2)12-9-10(3)7-8-13(12)14-4/h7-9,11,14H,5-6H2,1-4H3. The van der Waals surface area contributed by atoms with Gasteiger partial charge in [0.15, 0.2) is 0 Å². The van der Waals surface area contributed by atoms with Crippen LogP contribution in [0, 0.1) is 6.92 Å². The SMILES string of the molecule is CCC(CC)c1cc(C)ccc1NC. The van der Waals surface area contributed by atoms with Crippen molar-refractivity contribution in [3.63, 3.8) is 0 Å². The lowest BCUT2D eigenvalue weighted by Crippen LogP contribution is -2.01. The average molecular weight is 191 g/mol. The summed E-state index contributed by atoms with van der Waals surface area (Å²) >= 11 is 0. The number of benzene rings is 1. The maximum absolute atomic E-state index is 3.27. The van der Waals surface area contributed by atoms with E-state index in [1.807, 2.05) is 7.05 Å². The van der Waals surface area contributed by atoms with Crippen LogP contribution in [-0.4, -0.2) is 7.05 Å². The summed E-state index contributed by atoms with van der Waals surface area (Å²) in [6.07, 6.45) is 2.43. The van der Waals surface area contributed by atoms with Crippen LogP contribution in [0.15, 0.2) is 18.2 Å². The topological polar surface area (TPSA) is 12.0 Å². The highest BCUT2D eigenvalue weighted by Crippen LogP contribution is 2.30. The number of hydrogen-bond acceptors (Lipinski definition) is 1. The van der Waals surface area contributed by atoms with E-state index in [2.05, 4.69) is 44.3 Å². The normalized spacial score (nSPS) is 10.6. The molecule has 0 radical (unpaired) electrons. The minimum atomic E-state index is 0.692. The van der Waals surface area contributed by atoms with E-state index in [0.717, 1.165) is 0 Å². The summed E-state index contributed by atoms with van der Waals surface area (Å²) in [5.74, 6) is 0.692. The van der Waals surface area contributed by atoms with Crippen molar-refractivity contribution in [3.8, 4) is 0 Å². The average Bonchev–Trinajstić information content (AvgIpc) is 2.20. The predicted octanol–water partition coefficient (Wildman–Crippen LogP) is 3.94.